The quantitative estimate of drug-likeness (QED) is 0.158. The number of benzene rings is 3. The van der Waals surface area contributed by atoms with E-state index < -0.39 is 5.91 Å². The van der Waals surface area contributed by atoms with Crippen LogP contribution in [0.5, 0.6) is 0 Å². The number of carbonyl (C=O) groups is 1. The fourth-order valence-electron chi connectivity index (χ4n) is 4.04. The van der Waals surface area contributed by atoms with E-state index in [1.54, 1.807) is 11.9 Å². The van der Waals surface area contributed by atoms with Crippen LogP contribution in [0.4, 0.5) is 0 Å². The number of fused-ring (bicyclic) bond motifs is 1. The second kappa shape index (κ2) is 10.5. The monoisotopic (exact) mass is 525 g/mol. The second-order valence-corrected chi connectivity index (χ2v) is 11.0. The summed E-state index contributed by atoms with van der Waals surface area (Å²) in [4.78, 5) is 24.6. The predicted octanol–water partition coefficient (Wildman–Crippen LogP) is 8.16. The van der Waals surface area contributed by atoms with Crippen LogP contribution in [0.1, 0.15) is 10.4 Å². The summed E-state index contributed by atoms with van der Waals surface area (Å²) in [6.45, 7) is 2.07. The number of aryl methyl sites for hydroxylation is 1. The largest absolute Gasteiger partial charge is 0.296 e. The van der Waals surface area contributed by atoms with Crippen LogP contribution in [0.25, 0.3) is 33.3 Å². The van der Waals surface area contributed by atoms with Gasteiger partial charge in [-0.25, -0.2) is 0 Å². The lowest BCUT2D eigenvalue weighted by Gasteiger charge is -2.13. The zero-order valence-electron chi connectivity index (χ0n) is 19.2. The lowest BCUT2D eigenvalue weighted by molar-refractivity contribution is -0.115. The summed E-state index contributed by atoms with van der Waals surface area (Å²) in [5.41, 5.74) is 6.05. The van der Waals surface area contributed by atoms with Gasteiger partial charge in [0.1, 0.15) is 10.9 Å². The molecular formula is C28H19N3O2S3. The Bertz CT molecular complexity index is 1630. The van der Waals surface area contributed by atoms with Crippen LogP contribution < -0.4 is 0 Å². The molecule has 5 nitrogen and oxygen atoms in total. The lowest BCUT2D eigenvalue weighted by atomic mass is 9.99. The molecule has 0 atom stereocenters. The van der Waals surface area contributed by atoms with E-state index in [1.165, 1.54) is 28.7 Å². The molecule has 0 fully saturated rings. The van der Waals surface area contributed by atoms with E-state index in [1.807, 2.05) is 47.8 Å². The third-order valence-corrected chi connectivity index (χ3v) is 8.50. The van der Waals surface area contributed by atoms with Crippen molar-refractivity contribution in [2.24, 2.45) is 5.18 Å². The highest BCUT2D eigenvalue weighted by Crippen LogP contribution is 2.46. The van der Waals surface area contributed by atoms with Crippen molar-refractivity contribution >= 4 is 51.9 Å². The zero-order valence-corrected chi connectivity index (χ0v) is 21.6. The Morgan fingerprint density at radius 2 is 1.83 bits per heavy atom. The molecule has 0 aliphatic rings. The van der Waals surface area contributed by atoms with Crippen molar-refractivity contribution in [3.8, 4) is 28.5 Å². The molecule has 0 saturated heterocycles. The average Bonchev–Trinajstić information content (AvgIpc) is 3.51. The average molecular weight is 526 g/mol. The summed E-state index contributed by atoms with van der Waals surface area (Å²) in [5.74, 6) is -0.698. The van der Waals surface area contributed by atoms with Crippen LogP contribution in [0, 0.1) is 23.2 Å². The Kier molecular flexibility index (Phi) is 7.05. The molecule has 176 valence electrons. The van der Waals surface area contributed by atoms with Crippen molar-refractivity contribution in [1.29, 1.82) is 5.26 Å². The van der Waals surface area contributed by atoms with E-state index in [9.17, 15) is 15.0 Å². The fraction of sp³-hybridized carbons (Fsp3) is 0.0714. The van der Waals surface area contributed by atoms with Crippen LogP contribution in [0.15, 0.2) is 99.2 Å². The molecule has 0 spiro atoms. The fourth-order valence-corrected chi connectivity index (χ4v) is 6.47. The lowest BCUT2D eigenvalue weighted by Crippen LogP contribution is -1.95. The number of rotatable bonds is 7. The van der Waals surface area contributed by atoms with Crippen LogP contribution in [0.2, 0.25) is 0 Å². The Labute approximate surface area is 220 Å². The number of thioether (sulfide) groups is 1. The van der Waals surface area contributed by atoms with Gasteiger partial charge >= 0.3 is 0 Å². The van der Waals surface area contributed by atoms with Gasteiger partial charge in [-0.3, -0.25) is 8.77 Å². The summed E-state index contributed by atoms with van der Waals surface area (Å²) >= 11 is 4.34. The normalized spacial score (nSPS) is 10.9. The van der Waals surface area contributed by atoms with Crippen LogP contribution in [-0.2, 0) is 4.79 Å². The summed E-state index contributed by atoms with van der Waals surface area (Å²) in [7, 11) is 0. The van der Waals surface area contributed by atoms with Crippen LogP contribution in [-0.4, -0.2) is 15.6 Å². The molecule has 0 saturated carbocycles. The first-order valence-corrected chi connectivity index (χ1v) is 13.7. The van der Waals surface area contributed by atoms with Gasteiger partial charge in [-0.1, -0.05) is 48.0 Å². The molecule has 8 heteroatoms. The van der Waals surface area contributed by atoms with E-state index in [4.69, 9.17) is 0 Å². The van der Waals surface area contributed by atoms with Gasteiger partial charge in [-0.2, -0.15) is 5.26 Å². The molecule has 5 rings (SSSR count). The van der Waals surface area contributed by atoms with Crippen molar-refractivity contribution in [1.82, 2.24) is 3.97 Å². The van der Waals surface area contributed by atoms with E-state index in [0.29, 0.717) is 4.88 Å². The molecule has 0 radical (unpaired) electrons. The zero-order chi connectivity index (χ0) is 25.1. The molecule has 0 aliphatic carbocycles. The van der Waals surface area contributed by atoms with Gasteiger partial charge in [-0.05, 0) is 60.6 Å². The molecule has 36 heavy (non-hydrogen) atoms. The second-order valence-electron chi connectivity index (χ2n) is 8.02. The molecule has 1 amide bonds. The van der Waals surface area contributed by atoms with Gasteiger partial charge in [0.15, 0.2) is 0 Å². The van der Waals surface area contributed by atoms with Gasteiger partial charge in [0.05, 0.1) is 17.0 Å². The number of hydrogen-bond acceptors (Lipinski definition) is 6. The van der Waals surface area contributed by atoms with Crippen LogP contribution in [0.3, 0.4) is 0 Å². The van der Waals surface area contributed by atoms with Crippen molar-refractivity contribution < 1.29 is 4.79 Å². The Balaban J connectivity index is 1.75. The maximum atomic E-state index is 11.5. The highest BCUT2D eigenvalue weighted by atomic mass is 32.2. The number of thiophene rings is 1. The number of hydrogen-bond donors (Lipinski definition) is 0. The maximum Gasteiger partial charge on any atom is 0.296 e. The number of nitroso groups, excluding NO2 is 1. The third-order valence-electron chi connectivity index (χ3n) is 5.66. The Morgan fingerprint density at radius 1 is 1.03 bits per heavy atom. The summed E-state index contributed by atoms with van der Waals surface area (Å²) in [5, 5.41) is 15.3. The van der Waals surface area contributed by atoms with Crippen molar-refractivity contribution in [3.05, 3.63) is 99.6 Å². The first kappa shape index (κ1) is 24.1. The van der Waals surface area contributed by atoms with Gasteiger partial charge in [-0.15, -0.1) is 28.0 Å². The molecule has 0 aliphatic heterocycles. The Morgan fingerprint density at radius 3 is 2.61 bits per heavy atom. The molecule has 0 bridgehead atoms. The summed E-state index contributed by atoms with van der Waals surface area (Å²) < 4.78 is 2.22. The first-order chi connectivity index (χ1) is 17.6. The number of para-hydroxylation sites is 1. The smallest absolute Gasteiger partial charge is 0.279 e. The third kappa shape index (κ3) is 4.73. The molecule has 5 aromatic rings. The van der Waals surface area contributed by atoms with Gasteiger partial charge < -0.3 is 0 Å². The summed E-state index contributed by atoms with van der Waals surface area (Å²) in [6.07, 6.45) is 0. The first-order valence-electron chi connectivity index (χ1n) is 11.0. The van der Waals surface area contributed by atoms with Crippen molar-refractivity contribution in [3.63, 3.8) is 0 Å². The minimum absolute atomic E-state index is 0.00990. The number of nitrogens with zero attached hydrogens (tertiary/aromatic N) is 3. The number of carbonyl (C=O) groups excluding carboxylic acids is 1. The van der Waals surface area contributed by atoms with E-state index in [0.717, 1.165) is 43.1 Å². The molecule has 2 heterocycles. The highest BCUT2D eigenvalue weighted by molar-refractivity contribution is 8.00. The number of aromatic nitrogens is 1. The van der Waals surface area contributed by atoms with Gasteiger partial charge in [0, 0.05) is 37.0 Å². The summed E-state index contributed by atoms with van der Waals surface area (Å²) in [6, 6.07) is 28.9. The molecule has 0 N–H and O–H groups in total. The van der Waals surface area contributed by atoms with Gasteiger partial charge in [0.2, 0.25) is 0 Å². The molecule has 2 aromatic heterocycles. The van der Waals surface area contributed by atoms with Crippen molar-refractivity contribution in [2.75, 3.05) is 5.75 Å². The standard InChI is InChI=1S/C28H19N3O2S3/c1-18-9-11-20(12-10-18)36-31-24-8-3-2-7-22(24)27(23-13-14-34-25(23)16-29)28(31)19-5-4-6-21(15-19)35-17-26(32)30-33/h2-15H,17H2,1H3. The minimum Gasteiger partial charge on any atom is -0.279 e. The molecular weight excluding hydrogens is 507 g/mol. The number of amides is 1. The van der Waals surface area contributed by atoms with E-state index in [2.05, 4.69) is 58.5 Å². The molecule has 0 unspecified atom stereocenters. The van der Waals surface area contributed by atoms with Crippen molar-refractivity contribution in [2.45, 2.75) is 16.7 Å². The Hall–Kier alpha value is -3.64. The highest BCUT2D eigenvalue weighted by Gasteiger charge is 2.23. The molecule has 3 aromatic carbocycles. The number of nitriles is 1. The SMILES string of the molecule is Cc1ccc(Sn2c(-c3cccc(SCC(=O)N=O)c3)c(-c3ccsc3C#N)c3ccccc32)cc1. The topological polar surface area (TPSA) is 75.2 Å². The minimum atomic E-state index is -0.688. The van der Waals surface area contributed by atoms with Gasteiger partial charge in [0.25, 0.3) is 5.91 Å². The van der Waals surface area contributed by atoms with E-state index in [-0.39, 0.29) is 5.75 Å². The predicted molar refractivity (Wildman–Crippen MR) is 149 cm³/mol. The van der Waals surface area contributed by atoms with Crippen LogP contribution >= 0.6 is 35.0 Å². The maximum absolute atomic E-state index is 11.5. The van der Waals surface area contributed by atoms with E-state index >= 15 is 0 Å².